The molecular formula is C21H23ClN4O. The lowest BCUT2D eigenvalue weighted by molar-refractivity contribution is -0.126. The van der Waals surface area contributed by atoms with Crippen LogP contribution >= 0.6 is 11.6 Å². The number of amides is 1. The third-order valence-electron chi connectivity index (χ3n) is 5.18. The summed E-state index contributed by atoms with van der Waals surface area (Å²) >= 11 is 5.99. The van der Waals surface area contributed by atoms with Gasteiger partial charge in [-0.3, -0.25) is 4.79 Å². The number of para-hydroxylation sites is 2. The summed E-state index contributed by atoms with van der Waals surface area (Å²) in [6.07, 6.45) is 3.71. The molecule has 1 aliphatic rings. The van der Waals surface area contributed by atoms with Gasteiger partial charge in [0.25, 0.3) is 0 Å². The van der Waals surface area contributed by atoms with Gasteiger partial charge >= 0.3 is 0 Å². The smallest absolute Gasteiger partial charge is 0.223 e. The van der Waals surface area contributed by atoms with Crippen LogP contribution in [0.3, 0.4) is 0 Å². The molecule has 6 heteroatoms. The number of carbonyl (C=O) groups is 1. The van der Waals surface area contributed by atoms with E-state index in [1.165, 1.54) is 0 Å². The van der Waals surface area contributed by atoms with Crippen molar-refractivity contribution in [1.82, 2.24) is 15.3 Å². The Labute approximate surface area is 163 Å². The number of nitrogens with one attached hydrogen (secondary N) is 3. The number of H-pyrrole nitrogens is 1. The minimum Gasteiger partial charge on any atom is -0.353 e. The normalized spacial score (nSPS) is 19.7. The Hall–Kier alpha value is -2.53. The van der Waals surface area contributed by atoms with Gasteiger partial charge in [-0.2, -0.15) is 0 Å². The van der Waals surface area contributed by atoms with E-state index in [0.29, 0.717) is 17.6 Å². The molecule has 0 bridgehead atoms. The molecule has 1 amide bonds. The fraction of sp³-hybridized carbons (Fsp3) is 0.333. The average molecular weight is 383 g/mol. The van der Waals surface area contributed by atoms with Gasteiger partial charge in [-0.15, -0.1) is 0 Å². The zero-order valence-corrected chi connectivity index (χ0v) is 15.8. The first-order chi connectivity index (χ1) is 13.2. The molecule has 3 N–H and O–H groups in total. The summed E-state index contributed by atoms with van der Waals surface area (Å²) < 4.78 is 0. The molecule has 2 aromatic carbocycles. The molecule has 1 aromatic heterocycles. The van der Waals surface area contributed by atoms with Gasteiger partial charge in [0, 0.05) is 23.5 Å². The molecule has 0 unspecified atom stereocenters. The molecule has 140 valence electrons. The molecule has 0 aliphatic heterocycles. The summed E-state index contributed by atoms with van der Waals surface area (Å²) in [5.74, 6) is 1.03. The van der Waals surface area contributed by atoms with Crippen LogP contribution in [0, 0.1) is 5.92 Å². The molecule has 1 aliphatic carbocycles. The molecule has 4 rings (SSSR count). The van der Waals surface area contributed by atoms with Crippen molar-refractivity contribution in [3.8, 4) is 0 Å². The van der Waals surface area contributed by atoms with Crippen LogP contribution in [0.1, 0.15) is 31.2 Å². The zero-order chi connectivity index (χ0) is 18.6. The highest BCUT2D eigenvalue weighted by Crippen LogP contribution is 2.27. The Kier molecular flexibility index (Phi) is 5.30. The van der Waals surface area contributed by atoms with Crippen LogP contribution in [0.2, 0.25) is 5.02 Å². The minimum atomic E-state index is 0.0814. The van der Waals surface area contributed by atoms with Gasteiger partial charge in [0.2, 0.25) is 11.9 Å². The highest BCUT2D eigenvalue weighted by Gasteiger charge is 2.26. The summed E-state index contributed by atoms with van der Waals surface area (Å²) in [4.78, 5) is 20.3. The number of nitrogens with zero attached hydrogens (tertiary/aromatic N) is 1. The van der Waals surface area contributed by atoms with Gasteiger partial charge in [-0.25, -0.2) is 4.98 Å². The van der Waals surface area contributed by atoms with Crippen molar-refractivity contribution in [1.29, 1.82) is 0 Å². The number of halogens is 1. The van der Waals surface area contributed by atoms with Crippen LogP contribution < -0.4 is 10.6 Å². The lowest BCUT2D eigenvalue weighted by Gasteiger charge is -2.28. The molecule has 27 heavy (non-hydrogen) atoms. The van der Waals surface area contributed by atoms with Crippen molar-refractivity contribution < 1.29 is 4.79 Å². The molecule has 0 saturated heterocycles. The second-order valence-corrected chi connectivity index (χ2v) is 7.58. The minimum absolute atomic E-state index is 0.0814. The predicted molar refractivity (Wildman–Crippen MR) is 109 cm³/mol. The maximum absolute atomic E-state index is 12.5. The number of imidazole rings is 1. The summed E-state index contributed by atoms with van der Waals surface area (Å²) in [5.41, 5.74) is 3.03. The van der Waals surface area contributed by atoms with E-state index in [9.17, 15) is 4.79 Å². The lowest BCUT2D eigenvalue weighted by Crippen LogP contribution is -2.35. The predicted octanol–water partition coefficient (Wildman–Crippen LogP) is 4.50. The molecule has 3 aromatic rings. The number of rotatable bonds is 5. The van der Waals surface area contributed by atoms with Crippen molar-refractivity contribution in [3.63, 3.8) is 0 Å². The van der Waals surface area contributed by atoms with E-state index in [2.05, 4.69) is 20.6 Å². The van der Waals surface area contributed by atoms with E-state index in [0.717, 1.165) is 48.2 Å². The first kappa shape index (κ1) is 17.9. The van der Waals surface area contributed by atoms with E-state index in [1.54, 1.807) is 0 Å². The quantitative estimate of drug-likeness (QED) is 0.608. The Morgan fingerprint density at radius 3 is 2.70 bits per heavy atom. The fourth-order valence-corrected chi connectivity index (χ4v) is 3.91. The number of carbonyl (C=O) groups excluding carboxylic acids is 1. The van der Waals surface area contributed by atoms with Crippen molar-refractivity contribution in [2.45, 2.75) is 38.3 Å². The number of aromatic nitrogens is 2. The van der Waals surface area contributed by atoms with E-state index >= 15 is 0 Å². The maximum Gasteiger partial charge on any atom is 0.223 e. The Balaban J connectivity index is 1.26. The largest absolute Gasteiger partial charge is 0.353 e. The van der Waals surface area contributed by atoms with Gasteiger partial charge < -0.3 is 15.6 Å². The summed E-state index contributed by atoms with van der Waals surface area (Å²) in [6, 6.07) is 15.9. The standard InChI is InChI=1S/C21H23ClN4O/c22-16-5-3-4-14(12-16)13-23-20(27)15-8-10-17(11-9-15)24-21-25-18-6-1-2-7-19(18)26-21/h1-7,12,15,17H,8-11,13H2,(H,23,27)(H2,24,25,26)/t15-,17-. The number of benzene rings is 2. The van der Waals surface area contributed by atoms with Crippen LogP contribution in [0.25, 0.3) is 11.0 Å². The Morgan fingerprint density at radius 1 is 1.11 bits per heavy atom. The maximum atomic E-state index is 12.5. The number of aromatic amines is 1. The Bertz CT molecular complexity index is 898. The van der Waals surface area contributed by atoms with Crippen LogP contribution in [-0.4, -0.2) is 21.9 Å². The third kappa shape index (κ3) is 4.42. The summed E-state index contributed by atoms with van der Waals surface area (Å²) in [5, 5.41) is 7.22. The van der Waals surface area contributed by atoms with Crippen LogP contribution in [-0.2, 0) is 11.3 Å². The molecule has 0 atom stereocenters. The highest BCUT2D eigenvalue weighted by molar-refractivity contribution is 6.30. The van der Waals surface area contributed by atoms with E-state index in [-0.39, 0.29) is 11.8 Å². The van der Waals surface area contributed by atoms with E-state index in [4.69, 9.17) is 11.6 Å². The molecule has 0 spiro atoms. The number of anilines is 1. The monoisotopic (exact) mass is 382 g/mol. The highest BCUT2D eigenvalue weighted by atomic mass is 35.5. The first-order valence-electron chi connectivity index (χ1n) is 9.41. The van der Waals surface area contributed by atoms with Crippen molar-refractivity contribution in [3.05, 3.63) is 59.1 Å². The lowest BCUT2D eigenvalue weighted by atomic mass is 9.85. The molecular weight excluding hydrogens is 360 g/mol. The summed E-state index contributed by atoms with van der Waals surface area (Å²) in [6.45, 7) is 0.524. The molecule has 1 saturated carbocycles. The van der Waals surface area contributed by atoms with Gasteiger partial charge in [0.1, 0.15) is 0 Å². The van der Waals surface area contributed by atoms with Crippen molar-refractivity contribution in [2.75, 3.05) is 5.32 Å². The second-order valence-electron chi connectivity index (χ2n) is 7.14. The molecule has 1 heterocycles. The van der Waals surface area contributed by atoms with Gasteiger partial charge in [-0.05, 0) is 55.5 Å². The average Bonchev–Trinajstić information content (AvgIpc) is 3.09. The summed E-state index contributed by atoms with van der Waals surface area (Å²) in [7, 11) is 0. The number of hydrogen-bond acceptors (Lipinski definition) is 3. The topological polar surface area (TPSA) is 69.8 Å². The van der Waals surface area contributed by atoms with E-state index < -0.39 is 0 Å². The SMILES string of the molecule is O=C(NCc1cccc(Cl)c1)[C@H]1CC[C@H](Nc2nc3ccccc3[nH]2)CC1. The molecule has 0 radical (unpaired) electrons. The third-order valence-corrected chi connectivity index (χ3v) is 5.42. The van der Waals surface area contributed by atoms with Crippen LogP contribution in [0.4, 0.5) is 5.95 Å². The molecule has 1 fully saturated rings. The van der Waals surface area contributed by atoms with Crippen molar-refractivity contribution in [2.24, 2.45) is 5.92 Å². The zero-order valence-electron chi connectivity index (χ0n) is 15.0. The van der Waals surface area contributed by atoms with Gasteiger partial charge in [0.15, 0.2) is 0 Å². The van der Waals surface area contributed by atoms with Gasteiger partial charge in [-0.1, -0.05) is 35.9 Å². The Morgan fingerprint density at radius 2 is 1.93 bits per heavy atom. The van der Waals surface area contributed by atoms with Crippen LogP contribution in [0.15, 0.2) is 48.5 Å². The van der Waals surface area contributed by atoms with Crippen LogP contribution in [0.5, 0.6) is 0 Å². The van der Waals surface area contributed by atoms with Crippen molar-refractivity contribution >= 4 is 34.5 Å². The first-order valence-corrected chi connectivity index (χ1v) is 9.78. The van der Waals surface area contributed by atoms with Gasteiger partial charge in [0.05, 0.1) is 11.0 Å². The number of fused-ring (bicyclic) bond motifs is 1. The number of hydrogen-bond donors (Lipinski definition) is 3. The fourth-order valence-electron chi connectivity index (χ4n) is 3.69. The van der Waals surface area contributed by atoms with E-state index in [1.807, 2.05) is 48.5 Å². The second kappa shape index (κ2) is 8.01. The molecule has 5 nitrogen and oxygen atoms in total.